The van der Waals surface area contributed by atoms with Crippen molar-refractivity contribution in [2.24, 2.45) is 5.92 Å². The third-order valence-electron chi connectivity index (χ3n) is 6.68. The quantitative estimate of drug-likeness (QED) is 0.680. The molecule has 0 aromatic heterocycles. The van der Waals surface area contributed by atoms with Crippen molar-refractivity contribution in [1.29, 1.82) is 0 Å². The lowest BCUT2D eigenvalue weighted by Gasteiger charge is -2.28. The van der Waals surface area contributed by atoms with Crippen molar-refractivity contribution in [1.82, 2.24) is 5.32 Å². The summed E-state index contributed by atoms with van der Waals surface area (Å²) in [6.07, 6.45) is 6.61. The number of hydrogen-bond donors (Lipinski definition) is 2. The van der Waals surface area contributed by atoms with E-state index in [0.29, 0.717) is 24.4 Å². The highest BCUT2D eigenvalue weighted by Crippen LogP contribution is 2.33. The summed E-state index contributed by atoms with van der Waals surface area (Å²) in [4.78, 5) is 15.2. The number of hydrogen-bond acceptors (Lipinski definition) is 3. The summed E-state index contributed by atoms with van der Waals surface area (Å²) >= 11 is 0. The second-order valence-electron chi connectivity index (χ2n) is 8.69. The SMILES string of the molecule is Cl.Cl.O=C(CC1CC2CCC(C1)N2)Nc1ccccc1CN1CCc2ccccc21. The third-order valence-corrected chi connectivity index (χ3v) is 6.68. The van der Waals surface area contributed by atoms with Gasteiger partial charge < -0.3 is 15.5 Å². The largest absolute Gasteiger partial charge is 0.367 e. The van der Waals surface area contributed by atoms with E-state index in [1.54, 1.807) is 0 Å². The normalized spacial score (nSPS) is 23.9. The number of benzene rings is 2. The van der Waals surface area contributed by atoms with Gasteiger partial charge in [0, 0.05) is 43.0 Å². The molecule has 0 aliphatic carbocycles. The number of para-hydroxylation sites is 2. The Balaban J connectivity index is 0.00000128. The van der Waals surface area contributed by atoms with Gasteiger partial charge in [0.05, 0.1) is 0 Å². The predicted molar refractivity (Wildman–Crippen MR) is 128 cm³/mol. The van der Waals surface area contributed by atoms with Crippen LogP contribution in [0.25, 0.3) is 0 Å². The molecule has 2 fully saturated rings. The highest BCUT2D eigenvalue weighted by Gasteiger charge is 2.34. The van der Waals surface area contributed by atoms with Gasteiger partial charge in [-0.1, -0.05) is 36.4 Å². The first-order valence-corrected chi connectivity index (χ1v) is 10.7. The maximum absolute atomic E-state index is 12.8. The molecule has 0 radical (unpaired) electrons. The lowest BCUT2D eigenvalue weighted by Crippen LogP contribution is -2.39. The van der Waals surface area contributed by atoms with Crippen molar-refractivity contribution in [3.63, 3.8) is 0 Å². The average Bonchev–Trinajstić information content (AvgIpc) is 3.26. The molecule has 2 N–H and O–H groups in total. The van der Waals surface area contributed by atoms with Crippen LogP contribution in [0.3, 0.4) is 0 Å². The van der Waals surface area contributed by atoms with Gasteiger partial charge in [-0.2, -0.15) is 0 Å². The number of piperidine rings is 1. The molecule has 0 spiro atoms. The summed E-state index contributed by atoms with van der Waals surface area (Å²) in [5.41, 5.74) is 4.91. The fourth-order valence-corrected chi connectivity index (χ4v) is 5.36. The molecule has 2 aromatic carbocycles. The zero-order valence-electron chi connectivity index (χ0n) is 17.2. The van der Waals surface area contributed by atoms with Crippen LogP contribution in [0.15, 0.2) is 48.5 Å². The first kappa shape index (κ1) is 22.9. The van der Waals surface area contributed by atoms with Gasteiger partial charge >= 0.3 is 0 Å². The molecule has 2 saturated heterocycles. The van der Waals surface area contributed by atoms with Crippen LogP contribution in [0.4, 0.5) is 11.4 Å². The van der Waals surface area contributed by atoms with Crippen molar-refractivity contribution >= 4 is 42.1 Å². The summed E-state index contributed by atoms with van der Waals surface area (Å²) in [6.45, 7) is 1.88. The number of carbonyl (C=O) groups is 1. The molecule has 0 saturated carbocycles. The molecule has 2 bridgehead atoms. The van der Waals surface area contributed by atoms with Crippen LogP contribution < -0.4 is 15.5 Å². The van der Waals surface area contributed by atoms with E-state index >= 15 is 0 Å². The Morgan fingerprint density at radius 1 is 1.00 bits per heavy atom. The van der Waals surface area contributed by atoms with Gasteiger partial charge in [0.25, 0.3) is 0 Å². The number of amides is 1. The van der Waals surface area contributed by atoms with E-state index in [0.717, 1.165) is 38.0 Å². The number of nitrogens with zero attached hydrogens (tertiary/aromatic N) is 1. The molecule has 4 nitrogen and oxygen atoms in total. The van der Waals surface area contributed by atoms with Crippen molar-refractivity contribution in [3.8, 4) is 0 Å². The predicted octanol–water partition coefficient (Wildman–Crippen LogP) is 4.95. The monoisotopic (exact) mass is 447 g/mol. The second-order valence-corrected chi connectivity index (χ2v) is 8.69. The van der Waals surface area contributed by atoms with Crippen LogP contribution >= 0.6 is 24.8 Å². The minimum atomic E-state index is 0. The topological polar surface area (TPSA) is 44.4 Å². The van der Waals surface area contributed by atoms with Crippen LogP contribution in [-0.4, -0.2) is 24.5 Å². The molecule has 6 heteroatoms. The molecule has 3 heterocycles. The molecular weight excluding hydrogens is 417 g/mol. The van der Waals surface area contributed by atoms with E-state index in [1.807, 2.05) is 12.1 Å². The Labute approximate surface area is 191 Å². The number of anilines is 2. The smallest absolute Gasteiger partial charge is 0.224 e. The van der Waals surface area contributed by atoms with E-state index in [2.05, 4.69) is 51.9 Å². The molecule has 3 aliphatic rings. The Kier molecular flexibility index (Phi) is 7.67. The lowest BCUT2D eigenvalue weighted by atomic mass is 9.89. The lowest BCUT2D eigenvalue weighted by molar-refractivity contribution is -0.117. The minimum Gasteiger partial charge on any atom is -0.367 e. The molecule has 2 aromatic rings. The zero-order chi connectivity index (χ0) is 18.9. The summed E-state index contributed by atoms with van der Waals surface area (Å²) in [7, 11) is 0. The molecule has 30 heavy (non-hydrogen) atoms. The number of fused-ring (bicyclic) bond motifs is 3. The van der Waals surface area contributed by atoms with Crippen molar-refractivity contribution < 1.29 is 4.79 Å². The van der Waals surface area contributed by atoms with E-state index < -0.39 is 0 Å². The Morgan fingerprint density at radius 3 is 2.50 bits per heavy atom. The van der Waals surface area contributed by atoms with E-state index in [-0.39, 0.29) is 30.7 Å². The molecule has 2 unspecified atom stereocenters. The third kappa shape index (κ3) is 4.93. The van der Waals surface area contributed by atoms with Gasteiger partial charge in [-0.25, -0.2) is 0 Å². The second kappa shape index (κ2) is 10.0. The van der Waals surface area contributed by atoms with Gasteiger partial charge in [0.2, 0.25) is 5.91 Å². The van der Waals surface area contributed by atoms with Crippen LogP contribution in [-0.2, 0) is 17.8 Å². The highest BCUT2D eigenvalue weighted by molar-refractivity contribution is 5.91. The van der Waals surface area contributed by atoms with Gasteiger partial charge in [0.15, 0.2) is 0 Å². The van der Waals surface area contributed by atoms with Gasteiger partial charge in [0.1, 0.15) is 0 Å². The van der Waals surface area contributed by atoms with Gasteiger partial charge in [-0.15, -0.1) is 24.8 Å². The van der Waals surface area contributed by atoms with E-state index in [1.165, 1.54) is 29.7 Å². The van der Waals surface area contributed by atoms with Crippen LogP contribution in [0.5, 0.6) is 0 Å². The summed E-state index contributed by atoms with van der Waals surface area (Å²) < 4.78 is 0. The first-order valence-electron chi connectivity index (χ1n) is 10.7. The van der Waals surface area contributed by atoms with Crippen molar-refractivity contribution in [3.05, 3.63) is 59.7 Å². The minimum absolute atomic E-state index is 0. The Morgan fingerprint density at radius 2 is 1.70 bits per heavy atom. The van der Waals surface area contributed by atoms with Gasteiger partial charge in [-0.3, -0.25) is 4.79 Å². The van der Waals surface area contributed by atoms with Crippen molar-refractivity contribution in [2.45, 2.75) is 57.2 Å². The molecule has 5 rings (SSSR count). The molecule has 1 amide bonds. The summed E-state index contributed by atoms with van der Waals surface area (Å²) in [5.74, 6) is 0.692. The first-order chi connectivity index (χ1) is 13.7. The number of rotatable bonds is 5. The maximum atomic E-state index is 12.8. The maximum Gasteiger partial charge on any atom is 0.224 e. The number of halogens is 2. The zero-order valence-corrected chi connectivity index (χ0v) is 18.8. The van der Waals surface area contributed by atoms with Gasteiger partial charge in [-0.05, 0) is 61.3 Å². The molecule has 3 aliphatic heterocycles. The Hall–Kier alpha value is -1.75. The average molecular weight is 448 g/mol. The highest BCUT2D eigenvalue weighted by atomic mass is 35.5. The van der Waals surface area contributed by atoms with E-state index in [4.69, 9.17) is 0 Å². The number of nitrogens with one attached hydrogen (secondary N) is 2. The molecular formula is C24H31Cl2N3O. The fourth-order valence-electron chi connectivity index (χ4n) is 5.36. The summed E-state index contributed by atoms with van der Waals surface area (Å²) in [5, 5.41) is 6.88. The fraction of sp³-hybridized carbons (Fsp3) is 0.458. The summed E-state index contributed by atoms with van der Waals surface area (Å²) in [6, 6.07) is 18.2. The van der Waals surface area contributed by atoms with Crippen molar-refractivity contribution in [2.75, 3.05) is 16.8 Å². The molecule has 162 valence electrons. The van der Waals surface area contributed by atoms with E-state index in [9.17, 15) is 4.79 Å². The number of carbonyl (C=O) groups excluding carboxylic acids is 1. The van der Waals surface area contributed by atoms with Crippen LogP contribution in [0.2, 0.25) is 0 Å². The molecule has 2 atom stereocenters. The Bertz CT molecular complexity index is 863. The standard InChI is InChI=1S/C24H29N3O.2ClH/c28-24(15-17-13-20-9-10-21(14-17)25-20)26-22-7-3-1-6-19(22)16-27-12-11-18-5-2-4-8-23(18)27;;/h1-8,17,20-21,25H,9-16H2,(H,26,28);2*1H. The van der Waals surface area contributed by atoms with Crippen LogP contribution in [0.1, 0.15) is 43.2 Å². The van der Waals surface area contributed by atoms with Crippen LogP contribution in [0, 0.1) is 5.92 Å².